The predicted molar refractivity (Wildman–Crippen MR) is 130 cm³/mol. The first kappa shape index (κ1) is 23.2. The van der Waals surface area contributed by atoms with E-state index in [2.05, 4.69) is 20.5 Å². The highest BCUT2D eigenvalue weighted by atomic mass is 32.2. The minimum Gasteiger partial charge on any atom is -0.494 e. The van der Waals surface area contributed by atoms with Crippen LogP contribution in [0.3, 0.4) is 0 Å². The predicted octanol–water partition coefficient (Wildman–Crippen LogP) is 3.71. The molecule has 4 aromatic rings. The minimum absolute atomic E-state index is 0.0199. The van der Waals surface area contributed by atoms with E-state index in [9.17, 15) is 9.59 Å². The zero-order valence-electron chi connectivity index (χ0n) is 18.5. The molecule has 0 saturated heterocycles. The van der Waals surface area contributed by atoms with Gasteiger partial charge in [0.2, 0.25) is 11.8 Å². The molecule has 2 aromatic heterocycles. The second kappa shape index (κ2) is 11.2. The lowest BCUT2D eigenvalue weighted by atomic mass is 10.1. The summed E-state index contributed by atoms with van der Waals surface area (Å²) in [5.74, 6) is 0.663. The van der Waals surface area contributed by atoms with Crippen LogP contribution in [0.2, 0.25) is 0 Å². The highest BCUT2D eigenvalue weighted by Gasteiger charge is 2.18. The number of amides is 2. The van der Waals surface area contributed by atoms with E-state index < -0.39 is 5.91 Å². The van der Waals surface area contributed by atoms with Gasteiger partial charge in [0.15, 0.2) is 11.0 Å². The topological polar surface area (TPSA) is 99.0 Å². The molecule has 0 saturated carbocycles. The fraction of sp³-hybridized carbons (Fsp3) is 0.160. The zero-order chi connectivity index (χ0) is 23.8. The van der Waals surface area contributed by atoms with Crippen molar-refractivity contribution in [3.8, 4) is 22.8 Å². The summed E-state index contributed by atoms with van der Waals surface area (Å²) >= 11 is 1.21. The van der Waals surface area contributed by atoms with E-state index in [1.807, 2.05) is 78.2 Å². The number of rotatable bonds is 9. The van der Waals surface area contributed by atoms with E-state index in [1.54, 1.807) is 12.4 Å². The summed E-state index contributed by atoms with van der Waals surface area (Å²) in [6, 6.07) is 20.5. The van der Waals surface area contributed by atoms with Gasteiger partial charge in [0.25, 0.3) is 0 Å². The summed E-state index contributed by atoms with van der Waals surface area (Å²) < 4.78 is 7.41. The van der Waals surface area contributed by atoms with Crippen molar-refractivity contribution in [3.05, 3.63) is 84.7 Å². The molecular weight excluding hydrogens is 450 g/mol. The van der Waals surface area contributed by atoms with Gasteiger partial charge in [0.1, 0.15) is 5.75 Å². The molecule has 0 aliphatic heterocycles. The van der Waals surface area contributed by atoms with Crippen molar-refractivity contribution in [2.75, 3.05) is 12.4 Å². The van der Waals surface area contributed by atoms with Crippen molar-refractivity contribution in [2.24, 2.45) is 0 Å². The maximum absolute atomic E-state index is 12.4. The van der Waals surface area contributed by atoms with Crippen LogP contribution in [0.4, 0.5) is 0 Å². The van der Waals surface area contributed by atoms with Crippen LogP contribution in [0.25, 0.3) is 17.1 Å². The van der Waals surface area contributed by atoms with Crippen LogP contribution in [0.15, 0.2) is 84.3 Å². The number of carbonyl (C=O) groups excluding carboxylic acids is 2. The lowest BCUT2D eigenvalue weighted by Gasteiger charge is -2.11. The quantitative estimate of drug-likeness (QED) is 0.370. The molecular formula is C25H23N5O3S. The van der Waals surface area contributed by atoms with Gasteiger partial charge >= 0.3 is 0 Å². The molecule has 9 heteroatoms. The summed E-state index contributed by atoms with van der Waals surface area (Å²) in [6.07, 6.45) is 3.52. The Balaban J connectivity index is 1.50. The lowest BCUT2D eigenvalue weighted by molar-refractivity contribution is -0.128. The maximum atomic E-state index is 12.4. The second-order valence-corrected chi connectivity index (χ2v) is 8.17. The fourth-order valence-electron chi connectivity index (χ4n) is 3.29. The number of nitrogens with one attached hydrogen (secondary N) is 1. The van der Waals surface area contributed by atoms with Crippen molar-refractivity contribution in [2.45, 2.75) is 18.5 Å². The molecule has 0 bridgehead atoms. The van der Waals surface area contributed by atoms with Crippen molar-refractivity contribution in [1.82, 2.24) is 25.1 Å². The van der Waals surface area contributed by atoms with E-state index in [-0.39, 0.29) is 18.1 Å². The van der Waals surface area contributed by atoms with Crippen LogP contribution in [-0.4, -0.2) is 43.9 Å². The largest absolute Gasteiger partial charge is 0.494 e. The van der Waals surface area contributed by atoms with Gasteiger partial charge in [-0.3, -0.25) is 24.5 Å². The number of benzene rings is 2. The van der Waals surface area contributed by atoms with Crippen LogP contribution in [0, 0.1) is 0 Å². The van der Waals surface area contributed by atoms with Gasteiger partial charge < -0.3 is 4.74 Å². The van der Waals surface area contributed by atoms with Crippen molar-refractivity contribution >= 4 is 23.6 Å². The third-order valence-electron chi connectivity index (χ3n) is 4.80. The molecule has 0 aliphatic rings. The first-order chi connectivity index (χ1) is 16.6. The Hall–Kier alpha value is -3.98. The number of hydrogen-bond acceptors (Lipinski definition) is 7. The van der Waals surface area contributed by atoms with Crippen LogP contribution in [-0.2, 0) is 16.0 Å². The molecule has 0 atom stereocenters. The normalized spacial score (nSPS) is 10.6. The van der Waals surface area contributed by atoms with Crippen molar-refractivity contribution in [1.29, 1.82) is 0 Å². The summed E-state index contributed by atoms with van der Waals surface area (Å²) in [5, 5.41) is 11.6. The number of carbonyl (C=O) groups is 2. The van der Waals surface area contributed by atoms with E-state index in [4.69, 9.17) is 4.74 Å². The van der Waals surface area contributed by atoms with Crippen LogP contribution in [0.1, 0.15) is 12.5 Å². The third kappa shape index (κ3) is 5.87. The van der Waals surface area contributed by atoms with Crippen molar-refractivity contribution in [3.63, 3.8) is 0 Å². The highest BCUT2D eigenvalue weighted by Crippen LogP contribution is 2.28. The Labute approximate surface area is 201 Å². The molecule has 2 aromatic carbocycles. The Bertz CT molecular complexity index is 1240. The number of nitrogens with zero attached hydrogens (tertiary/aromatic N) is 4. The molecule has 4 rings (SSSR count). The van der Waals surface area contributed by atoms with Crippen LogP contribution >= 0.6 is 11.8 Å². The Kier molecular flexibility index (Phi) is 7.67. The van der Waals surface area contributed by atoms with Crippen LogP contribution < -0.4 is 10.1 Å². The maximum Gasteiger partial charge on any atom is 0.237 e. The minimum atomic E-state index is -0.391. The average molecular weight is 474 g/mol. The average Bonchev–Trinajstić information content (AvgIpc) is 3.28. The second-order valence-electron chi connectivity index (χ2n) is 7.23. The summed E-state index contributed by atoms with van der Waals surface area (Å²) in [7, 11) is 0. The Morgan fingerprint density at radius 2 is 1.68 bits per heavy atom. The first-order valence-corrected chi connectivity index (χ1v) is 11.7. The van der Waals surface area contributed by atoms with Gasteiger partial charge in [-0.1, -0.05) is 42.1 Å². The van der Waals surface area contributed by atoms with Gasteiger partial charge in [-0.05, 0) is 48.9 Å². The van der Waals surface area contributed by atoms with E-state index in [0.29, 0.717) is 17.6 Å². The van der Waals surface area contributed by atoms with Gasteiger partial charge in [-0.15, -0.1) is 10.2 Å². The molecule has 2 amide bonds. The molecule has 0 fully saturated rings. The summed E-state index contributed by atoms with van der Waals surface area (Å²) in [6.45, 7) is 2.51. The SMILES string of the molecule is CCOc1ccc(-n2c(SCC(=O)NC(=O)Cc3ccccc3)nnc2-c2ccncc2)cc1. The third-order valence-corrected chi connectivity index (χ3v) is 5.73. The molecule has 8 nitrogen and oxygen atoms in total. The Morgan fingerprint density at radius 1 is 0.941 bits per heavy atom. The monoisotopic (exact) mass is 473 g/mol. The van der Waals surface area contributed by atoms with Gasteiger partial charge in [0, 0.05) is 23.6 Å². The molecule has 0 aliphatic carbocycles. The molecule has 34 heavy (non-hydrogen) atoms. The van der Waals surface area contributed by atoms with Crippen molar-refractivity contribution < 1.29 is 14.3 Å². The van der Waals surface area contributed by atoms with Gasteiger partial charge in [-0.25, -0.2) is 0 Å². The summed E-state index contributed by atoms with van der Waals surface area (Å²) in [5.41, 5.74) is 2.51. The number of ether oxygens (including phenoxy) is 1. The number of aromatic nitrogens is 4. The van der Waals surface area contributed by atoms with Gasteiger partial charge in [0.05, 0.1) is 18.8 Å². The van der Waals surface area contributed by atoms with E-state index in [1.165, 1.54) is 11.8 Å². The molecule has 0 unspecified atom stereocenters. The fourth-order valence-corrected chi connectivity index (χ4v) is 4.04. The molecule has 2 heterocycles. The van der Waals surface area contributed by atoms with Crippen LogP contribution in [0.5, 0.6) is 5.75 Å². The molecule has 172 valence electrons. The number of thioether (sulfide) groups is 1. The molecule has 1 N–H and O–H groups in total. The Morgan fingerprint density at radius 3 is 2.38 bits per heavy atom. The van der Waals surface area contributed by atoms with E-state index >= 15 is 0 Å². The smallest absolute Gasteiger partial charge is 0.237 e. The molecule has 0 radical (unpaired) electrons. The van der Waals surface area contributed by atoms with E-state index in [0.717, 1.165) is 22.6 Å². The standard InChI is InChI=1S/C25H23N5O3S/c1-2-33-21-10-8-20(9-11-21)30-24(19-12-14-26-15-13-19)28-29-25(30)34-17-23(32)27-22(31)16-18-6-4-3-5-7-18/h3-15H,2,16-17H2,1H3,(H,27,31,32). The van der Waals surface area contributed by atoms with Gasteiger partial charge in [-0.2, -0.15) is 0 Å². The molecule has 0 spiro atoms. The first-order valence-electron chi connectivity index (χ1n) is 10.7. The number of imide groups is 1. The number of pyridine rings is 1. The lowest BCUT2D eigenvalue weighted by Crippen LogP contribution is -2.33. The highest BCUT2D eigenvalue weighted by molar-refractivity contribution is 7.99. The summed E-state index contributed by atoms with van der Waals surface area (Å²) in [4.78, 5) is 28.7. The number of hydrogen-bond donors (Lipinski definition) is 1. The zero-order valence-corrected chi connectivity index (χ0v) is 19.4.